The van der Waals surface area contributed by atoms with Crippen molar-refractivity contribution in [1.29, 1.82) is 0 Å². The number of carboxylic acids is 1. The van der Waals surface area contributed by atoms with Crippen molar-refractivity contribution in [2.45, 2.75) is 25.6 Å². The van der Waals surface area contributed by atoms with Crippen molar-refractivity contribution in [3.8, 4) is 0 Å². The number of aldehydes is 1. The van der Waals surface area contributed by atoms with Crippen molar-refractivity contribution >= 4 is 18.2 Å². The Morgan fingerprint density at radius 2 is 1.96 bits per heavy atom. The van der Waals surface area contributed by atoms with Crippen LogP contribution in [0, 0.1) is 13.8 Å². The van der Waals surface area contributed by atoms with E-state index in [1.807, 2.05) is 0 Å². The summed E-state index contributed by atoms with van der Waals surface area (Å²) in [6, 6.07) is 0. The van der Waals surface area contributed by atoms with Crippen LogP contribution in [0.25, 0.3) is 0 Å². The van der Waals surface area contributed by atoms with Crippen LogP contribution in [-0.4, -0.2) is 70.2 Å². The van der Waals surface area contributed by atoms with Gasteiger partial charge in [-0.1, -0.05) is 0 Å². The average molecular weight is 339 g/mol. The molecule has 0 aliphatic carbocycles. The smallest absolute Gasteiger partial charge is 0.337 e. The van der Waals surface area contributed by atoms with Gasteiger partial charge < -0.3 is 25.3 Å². The molecule has 1 aliphatic rings. The molecule has 132 valence electrons. The van der Waals surface area contributed by atoms with Gasteiger partial charge in [0.15, 0.2) is 18.1 Å². The Labute approximate surface area is 138 Å². The average Bonchev–Trinajstić information content (AvgIpc) is 2.84. The van der Waals surface area contributed by atoms with Crippen LogP contribution in [0.3, 0.4) is 0 Å². The van der Waals surface area contributed by atoms with E-state index in [1.54, 1.807) is 11.8 Å². The maximum absolute atomic E-state index is 12.1. The Morgan fingerprint density at radius 1 is 1.38 bits per heavy atom. The summed E-state index contributed by atoms with van der Waals surface area (Å²) in [7, 11) is 0. The molecule has 9 nitrogen and oxygen atoms in total. The Hall–Kier alpha value is -2.23. The number of carbonyl (C=O) groups is 3. The van der Waals surface area contributed by atoms with Crippen molar-refractivity contribution < 1.29 is 29.3 Å². The van der Waals surface area contributed by atoms with E-state index in [0.717, 1.165) is 0 Å². The van der Waals surface area contributed by atoms with E-state index in [2.05, 4.69) is 0 Å². The monoisotopic (exact) mass is 339 g/mol. The van der Waals surface area contributed by atoms with E-state index < -0.39 is 23.6 Å². The van der Waals surface area contributed by atoms with Crippen LogP contribution >= 0.6 is 0 Å². The molecule has 1 aliphatic heterocycles. The molecule has 24 heavy (non-hydrogen) atoms. The number of carboxylic acid groups (broad SMARTS) is 1. The number of rotatable bonds is 6. The van der Waals surface area contributed by atoms with Gasteiger partial charge in [0.2, 0.25) is 0 Å². The molecule has 2 atom stereocenters. The highest BCUT2D eigenvalue weighted by Crippen LogP contribution is 2.31. The molecule has 1 aromatic heterocycles. The minimum absolute atomic E-state index is 0.0196. The van der Waals surface area contributed by atoms with Gasteiger partial charge in [-0.25, -0.2) is 4.79 Å². The quantitative estimate of drug-likeness (QED) is 0.556. The normalized spacial score (nSPS) is 19.5. The van der Waals surface area contributed by atoms with Gasteiger partial charge in [0.1, 0.15) is 0 Å². The first-order chi connectivity index (χ1) is 11.3. The van der Waals surface area contributed by atoms with Gasteiger partial charge in [0, 0.05) is 25.0 Å². The first-order valence-corrected chi connectivity index (χ1v) is 7.46. The zero-order valence-electron chi connectivity index (χ0n) is 13.6. The van der Waals surface area contributed by atoms with Gasteiger partial charge >= 0.3 is 5.97 Å². The number of aromatic carboxylic acids is 1. The van der Waals surface area contributed by atoms with Crippen molar-refractivity contribution in [3.05, 3.63) is 23.0 Å². The number of primary amides is 1. The summed E-state index contributed by atoms with van der Waals surface area (Å²) in [4.78, 5) is 36.8. The van der Waals surface area contributed by atoms with Crippen LogP contribution in [0.4, 0.5) is 0 Å². The minimum atomic E-state index is -1.85. The fourth-order valence-corrected chi connectivity index (χ4v) is 3.24. The lowest BCUT2D eigenvalue weighted by Gasteiger charge is -2.45. The Bertz CT molecular complexity index is 664. The maximum Gasteiger partial charge on any atom is 0.337 e. The van der Waals surface area contributed by atoms with Crippen LogP contribution in [0.5, 0.6) is 0 Å². The maximum atomic E-state index is 12.1. The molecule has 0 bridgehead atoms. The van der Waals surface area contributed by atoms with Crippen LogP contribution < -0.4 is 5.73 Å². The Balaban J connectivity index is 2.70. The zero-order valence-corrected chi connectivity index (χ0v) is 13.6. The highest BCUT2D eigenvalue weighted by molar-refractivity contribution is 5.91. The van der Waals surface area contributed by atoms with E-state index >= 15 is 0 Å². The van der Waals surface area contributed by atoms with Crippen LogP contribution in [0.1, 0.15) is 21.6 Å². The van der Waals surface area contributed by atoms with Gasteiger partial charge in [0.25, 0.3) is 5.91 Å². The molecule has 0 aromatic carbocycles. The molecular formula is C15H21N3O6. The predicted molar refractivity (Wildman–Crippen MR) is 82.5 cm³/mol. The molecule has 1 saturated heterocycles. The molecule has 4 N–H and O–H groups in total. The highest BCUT2D eigenvalue weighted by atomic mass is 16.5. The summed E-state index contributed by atoms with van der Waals surface area (Å²) in [6.45, 7) is 4.28. The van der Waals surface area contributed by atoms with Gasteiger partial charge in [-0.3, -0.25) is 14.5 Å². The Kier molecular flexibility index (Phi) is 5.07. The number of carbonyl (C=O) groups excluding carboxylic acids is 2. The van der Waals surface area contributed by atoms with Crippen LogP contribution in [-0.2, 0) is 20.0 Å². The molecule has 2 heterocycles. The lowest BCUT2D eigenvalue weighted by atomic mass is 9.99. The molecule has 1 aromatic rings. The van der Waals surface area contributed by atoms with E-state index in [0.29, 0.717) is 25.1 Å². The van der Waals surface area contributed by atoms with Crippen molar-refractivity contribution in [1.82, 2.24) is 9.47 Å². The van der Waals surface area contributed by atoms with Crippen LogP contribution in [0.15, 0.2) is 6.20 Å². The summed E-state index contributed by atoms with van der Waals surface area (Å²) in [6.07, 6.45) is 0.0286. The first kappa shape index (κ1) is 18.1. The predicted octanol–water partition coefficient (Wildman–Crippen LogP) is -1.17. The van der Waals surface area contributed by atoms with Gasteiger partial charge in [-0.05, 0) is 19.4 Å². The molecule has 0 saturated carbocycles. The lowest BCUT2D eigenvalue weighted by Crippen LogP contribution is -2.65. The SMILES string of the molecule is Cc1cn(C(C=O)([C@H](O)C(N)=O)N2CCOCC2)c(C)c1C(=O)O. The number of ether oxygens (including phenoxy) is 1. The molecular weight excluding hydrogens is 318 g/mol. The fraction of sp³-hybridized carbons (Fsp3) is 0.533. The number of morpholine rings is 1. The number of hydrogen-bond acceptors (Lipinski definition) is 6. The standard InChI is InChI=1S/C15H21N3O6/c1-9-7-18(10(2)11(9)14(22)23)15(8-19,12(20)13(16)21)17-3-5-24-6-4-17/h7-8,12,20H,3-6H2,1-2H3,(H2,16,21)(H,22,23)/t12-,15?/m1/s1. The molecule has 1 fully saturated rings. The highest BCUT2D eigenvalue weighted by Gasteiger charge is 2.49. The molecule has 1 unspecified atom stereocenters. The van der Waals surface area contributed by atoms with Gasteiger partial charge in [-0.15, -0.1) is 0 Å². The number of aryl methyl sites for hydroxylation is 1. The zero-order chi connectivity index (χ0) is 18.1. The number of aromatic nitrogens is 1. The number of nitrogens with two attached hydrogens (primary N) is 1. The number of amides is 1. The minimum Gasteiger partial charge on any atom is -0.478 e. The number of aliphatic hydroxyl groups excluding tert-OH is 1. The lowest BCUT2D eigenvalue weighted by molar-refractivity contribution is -0.160. The summed E-state index contributed by atoms with van der Waals surface area (Å²) >= 11 is 0. The Morgan fingerprint density at radius 3 is 2.38 bits per heavy atom. The summed E-state index contributed by atoms with van der Waals surface area (Å²) in [5, 5.41) is 19.8. The molecule has 1 amide bonds. The number of aliphatic hydroxyl groups is 1. The van der Waals surface area contributed by atoms with Crippen molar-refractivity contribution in [2.24, 2.45) is 5.73 Å². The molecule has 0 spiro atoms. The summed E-state index contributed by atoms with van der Waals surface area (Å²) in [5.74, 6) is -2.23. The largest absolute Gasteiger partial charge is 0.478 e. The van der Waals surface area contributed by atoms with Crippen LogP contribution in [0.2, 0.25) is 0 Å². The summed E-state index contributed by atoms with van der Waals surface area (Å²) < 4.78 is 6.57. The molecule has 0 radical (unpaired) electrons. The third kappa shape index (κ3) is 2.70. The van der Waals surface area contributed by atoms with Crippen molar-refractivity contribution in [2.75, 3.05) is 26.3 Å². The van der Waals surface area contributed by atoms with Gasteiger partial charge in [0.05, 0.1) is 18.8 Å². The second-order valence-electron chi connectivity index (χ2n) is 5.75. The van der Waals surface area contributed by atoms with Crippen molar-refractivity contribution in [3.63, 3.8) is 0 Å². The fourth-order valence-electron chi connectivity index (χ4n) is 3.24. The summed E-state index contributed by atoms with van der Waals surface area (Å²) in [5.41, 5.74) is 4.12. The second kappa shape index (κ2) is 6.71. The first-order valence-electron chi connectivity index (χ1n) is 7.46. The van der Waals surface area contributed by atoms with E-state index in [9.17, 15) is 24.6 Å². The molecule has 9 heteroatoms. The van der Waals surface area contributed by atoms with Gasteiger partial charge in [-0.2, -0.15) is 0 Å². The van der Waals surface area contributed by atoms with E-state index in [-0.39, 0.29) is 24.3 Å². The topological polar surface area (TPSA) is 135 Å². The number of hydrogen-bond donors (Lipinski definition) is 3. The van der Waals surface area contributed by atoms with E-state index in [4.69, 9.17) is 10.5 Å². The third-order valence-electron chi connectivity index (χ3n) is 4.40. The third-order valence-corrected chi connectivity index (χ3v) is 4.40. The second-order valence-corrected chi connectivity index (χ2v) is 5.75. The molecule has 2 rings (SSSR count). The van der Waals surface area contributed by atoms with E-state index in [1.165, 1.54) is 17.7 Å². The number of nitrogens with zero attached hydrogens (tertiary/aromatic N) is 2.